The van der Waals surface area contributed by atoms with E-state index in [1.807, 2.05) is 18.2 Å². The largest absolute Gasteiger partial charge is 0.382 e. The maximum Gasteiger partial charge on any atom is 0.104 e. The van der Waals surface area contributed by atoms with Gasteiger partial charge in [0.25, 0.3) is 0 Å². The van der Waals surface area contributed by atoms with Gasteiger partial charge in [0.2, 0.25) is 0 Å². The Kier molecular flexibility index (Phi) is 21.2. The Balaban J connectivity index is 1.84. The average Bonchev–Trinajstić information content (AvgIpc) is 2.81. The Morgan fingerprint density at radius 1 is 0.625 bits per heavy atom. The number of hydrogen-bond acceptors (Lipinski definition) is 3. The summed E-state index contributed by atoms with van der Waals surface area (Å²) in [5.41, 5.74) is 1.20. The fraction of sp³-hybridized carbons (Fsp3) is 0.793. The monoisotopic (exact) mass is 448 g/mol. The van der Waals surface area contributed by atoms with Gasteiger partial charge in [-0.05, 0) is 12.0 Å². The maximum atomic E-state index is 5.99. The quantitative estimate of drug-likeness (QED) is 0.148. The van der Waals surface area contributed by atoms with Gasteiger partial charge in [0, 0.05) is 13.7 Å². The molecule has 0 amide bonds. The minimum absolute atomic E-state index is 0.0278. The highest BCUT2D eigenvalue weighted by Gasteiger charge is 2.09. The van der Waals surface area contributed by atoms with Crippen LogP contribution in [0.2, 0.25) is 0 Å². The van der Waals surface area contributed by atoms with Gasteiger partial charge in [-0.2, -0.15) is 0 Å². The predicted molar refractivity (Wildman–Crippen MR) is 137 cm³/mol. The first-order valence-corrected chi connectivity index (χ1v) is 13.6. The van der Waals surface area contributed by atoms with Gasteiger partial charge in [-0.1, -0.05) is 134 Å². The molecule has 0 aromatic heterocycles. The van der Waals surface area contributed by atoms with Crippen molar-refractivity contribution in [1.29, 1.82) is 0 Å². The summed E-state index contributed by atoms with van der Waals surface area (Å²) in [5, 5.41) is 0. The zero-order valence-electron chi connectivity index (χ0n) is 21.3. The number of methoxy groups -OCH3 is 1. The first-order chi connectivity index (χ1) is 15.9. The molecule has 0 N–H and O–H groups in total. The van der Waals surface area contributed by atoms with Crippen molar-refractivity contribution in [3.63, 3.8) is 0 Å². The minimum Gasteiger partial charge on any atom is -0.382 e. The van der Waals surface area contributed by atoms with Crippen molar-refractivity contribution in [3.8, 4) is 0 Å². The number of rotatable bonds is 24. The van der Waals surface area contributed by atoms with Gasteiger partial charge in [0.05, 0.1) is 19.8 Å². The second-order valence-electron chi connectivity index (χ2n) is 9.25. The van der Waals surface area contributed by atoms with E-state index in [1.165, 1.54) is 102 Å². The van der Waals surface area contributed by atoms with Crippen LogP contribution >= 0.6 is 0 Å². The fourth-order valence-electron chi connectivity index (χ4n) is 4.11. The molecule has 0 aliphatic carbocycles. The lowest BCUT2D eigenvalue weighted by Crippen LogP contribution is -2.25. The van der Waals surface area contributed by atoms with E-state index in [2.05, 4.69) is 19.1 Å². The molecule has 186 valence electrons. The molecule has 0 saturated heterocycles. The van der Waals surface area contributed by atoms with Crippen LogP contribution in [0.3, 0.4) is 0 Å². The molecule has 0 heterocycles. The Labute approximate surface area is 199 Å². The molecule has 0 bridgehead atoms. The SMILES string of the molecule is CCCCCCCCCCCCCCCCCCO[C@@H](COC)COCc1ccccc1. The molecule has 1 atom stereocenters. The van der Waals surface area contributed by atoms with Crippen LogP contribution in [-0.4, -0.2) is 33.0 Å². The van der Waals surface area contributed by atoms with E-state index >= 15 is 0 Å². The van der Waals surface area contributed by atoms with Crippen LogP contribution < -0.4 is 0 Å². The molecule has 0 saturated carbocycles. The van der Waals surface area contributed by atoms with Crippen molar-refractivity contribution in [2.24, 2.45) is 0 Å². The van der Waals surface area contributed by atoms with E-state index in [4.69, 9.17) is 14.2 Å². The van der Waals surface area contributed by atoms with Gasteiger partial charge in [-0.15, -0.1) is 0 Å². The smallest absolute Gasteiger partial charge is 0.104 e. The van der Waals surface area contributed by atoms with E-state index in [-0.39, 0.29) is 6.10 Å². The van der Waals surface area contributed by atoms with Crippen molar-refractivity contribution in [2.75, 3.05) is 26.9 Å². The average molecular weight is 449 g/mol. The molecule has 0 aliphatic heterocycles. The van der Waals surface area contributed by atoms with Crippen molar-refractivity contribution < 1.29 is 14.2 Å². The molecule has 0 spiro atoms. The Morgan fingerprint density at radius 3 is 1.62 bits per heavy atom. The fourth-order valence-corrected chi connectivity index (χ4v) is 4.11. The highest BCUT2D eigenvalue weighted by atomic mass is 16.6. The van der Waals surface area contributed by atoms with Crippen molar-refractivity contribution in [3.05, 3.63) is 35.9 Å². The van der Waals surface area contributed by atoms with Crippen LogP contribution in [0.25, 0.3) is 0 Å². The second kappa shape index (κ2) is 23.3. The standard InChI is InChI=1S/C29H52O3/c1-3-4-5-6-7-8-9-10-11-12-13-14-15-16-17-21-24-32-29(26-30-2)27-31-25-28-22-19-18-20-23-28/h18-20,22-23,29H,3-17,21,24-27H2,1-2H3/t29-/m0/s1. The van der Waals surface area contributed by atoms with E-state index in [0.717, 1.165) is 13.0 Å². The summed E-state index contributed by atoms with van der Waals surface area (Å²) in [6, 6.07) is 10.3. The molecule has 0 unspecified atom stereocenters. The first-order valence-electron chi connectivity index (χ1n) is 13.6. The normalized spacial score (nSPS) is 12.3. The number of ether oxygens (including phenoxy) is 3. The van der Waals surface area contributed by atoms with Gasteiger partial charge < -0.3 is 14.2 Å². The summed E-state index contributed by atoms with van der Waals surface area (Å²) in [6.07, 6.45) is 22.3. The summed E-state index contributed by atoms with van der Waals surface area (Å²) in [5.74, 6) is 0. The van der Waals surface area contributed by atoms with Crippen molar-refractivity contribution in [2.45, 2.75) is 122 Å². The van der Waals surface area contributed by atoms with Gasteiger partial charge in [-0.3, -0.25) is 0 Å². The number of hydrogen-bond donors (Lipinski definition) is 0. The Hall–Kier alpha value is -0.900. The van der Waals surface area contributed by atoms with Crippen molar-refractivity contribution >= 4 is 0 Å². The summed E-state index contributed by atoms with van der Waals surface area (Å²) in [6.45, 7) is 4.90. The lowest BCUT2D eigenvalue weighted by atomic mass is 10.0. The third-order valence-corrected chi connectivity index (χ3v) is 6.12. The van der Waals surface area contributed by atoms with Crippen LogP contribution in [0, 0.1) is 0 Å². The van der Waals surface area contributed by atoms with E-state index in [1.54, 1.807) is 7.11 Å². The molecular weight excluding hydrogens is 396 g/mol. The number of unbranched alkanes of at least 4 members (excludes halogenated alkanes) is 15. The molecule has 32 heavy (non-hydrogen) atoms. The lowest BCUT2D eigenvalue weighted by molar-refractivity contribution is -0.0557. The zero-order valence-corrected chi connectivity index (χ0v) is 21.3. The summed E-state index contributed by atoms with van der Waals surface area (Å²) in [7, 11) is 1.72. The van der Waals surface area contributed by atoms with E-state index < -0.39 is 0 Å². The molecule has 3 heteroatoms. The van der Waals surface area contributed by atoms with Gasteiger partial charge >= 0.3 is 0 Å². The second-order valence-corrected chi connectivity index (χ2v) is 9.25. The molecule has 0 fully saturated rings. The maximum absolute atomic E-state index is 5.99. The van der Waals surface area contributed by atoms with Gasteiger partial charge in [0.1, 0.15) is 6.10 Å². The van der Waals surface area contributed by atoms with Crippen LogP contribution in [0.4, 0.5) is 0 Å². The van der Waals surface area contributed by atoms with Gasteiger partial charge in [0.15, 0.2) is 0 Å². The van der Waals surface area contributed by atoms with Crippen LogP contribution in [0.5, 0.6) is 0 Å². The lowest BCUT2D eigenvalue weighted by Gasteiger charge is -2.17. The highest BCUT2D eigenvalue weighted by Crippen LogP contribution is 2.14. The van der Waals surface area contributed by atoms with E-state index in [9.17, 15) is 0 Å². The predicted octanol–water partition coefficient (Wildman–Crippen LogP) is 8.50. The molecule has 0 radical (unpaired) electrons. The number of benzene rings is 1. The first kappa shape index (κ1) is 29.1. The van der Waals surface area contributed by atoms with Crippen LogP contribution in [0.15, 0.2) is 30.3 Å². The summed E-state index contributed by atoms with van der Waals surface area (Å²) < 4.78 is 17.1. The molecule has 1 aromatic rings. The zero-order chi connectivity index (χ0) is 23.0. The molecule has 1 rings (SSSR count). The van der Waals surface area contributed by atoms with Crippen molar-refractivity contribution in [1.82, 2.24) is 0 Å². The Morgan fingerprint density at radius 2 is 1.12 bits per heavy atom. The third-order valence-electron chi connectivity index (χ3n) is 6.12. The molecule has 3 nitrogen and oxygen atoms in total. The molecule has 0 aliphatic rings. The summed E-state index contributed by atoms with van der Waals surface area (Å²) in [4.78, 5) is 0. The van der Waals surface area contributed by atoms with E-state index in [0.29, 0.717) is 19.8 Å². The van der Waals surface area contributed by atoms with Crippen LogP contribution in [0.1, 0.15) is 115 Å². The molecule has 1 aromatic carbocycles. The third kappa shape index (κ3) is 18.7. The Bertz CT molecular complexity index is 477. The molecular formula is C29H52O3. The topological polar surface area (TPSA) is 27.7 Å². The summed E-state index contributed by atoms with van der Waals surface area (Å²) >= 11 is 0. The minimum atomic E-state index is 0.0278. The van der Waals surface area contributed by atoms with Gasteiger partial charge in [-0.25, -0.2) is 0 Å². The highest BCUT2D eigenvalue weighted by molar-refractivity contribution is 5.13. The van der Waals surface area contributed by atoms with Crippen LogP contribution in [-0.2, 0) is 20.8 Å².